The van der Waals surface area contributed by atoms with Gasteiger partial charge >= 0.3 is 6.01 Å². The van der Waals surface area contributed by atoms with E-state index in [4.69, 9.17) is 10.5 Å². The van der Waals surface area contributed by atoms with Crippen molar-refractivity contribution in [3.63, 3.8) is 0 Å². The van der Waals surface area contributed by atoms with Crippen molar-refractivity contribution in [2.45, 2.75) is 38.7 Å². The average Bonchev–Trinajstić information content (AvgIpc) is 2.97. The molecule has 0 spiro atoms. The van der Waals surface area contributed by atoms with E-state index in [1.807, 2.05) is 13.1 Å². The molecule has 2 aromatic heterocycles. The highest BCUT2D eigenvalue weighted by molar-refractivity contribution is 5.59. The fourth-order valence-electron chi connectivity index (χ4n) is 2.90. The van der Waals surface area contributed by atoms with Gasteiger partial charge in [-0.05, 0) is 44.7 Å². The third kappa shape index (κ3) is 3.53. The number of imidazole rings is 1. The van der Waals surface area contributed by atoms with Gasteiger partial charge in [-0.3, -0.25) is 0 Å². The maximum absolute atomic E-state index is 9.26. The van der Waals surface area contributed by atoms with Crippen molar-refractivity contribution in [2.24, 2.45) is 5.92 Å². The van der Waals surface area contributed by atoms with Crippen LogP contribution in [0.2, 0.25) is 0 Å². The molecule has 8 heteroatoms. The molecule has 0 aromatic carbocycles. The van der Waals surface area contributed by atoms with Crippen LogP contribution in [0.25, 0.3) is 5.65 Å². The van der Waals surface area contributed by atoms with Crippen LogP contribution in [0.1, 0.15) is 31.9 Å². The Bertz CT molecular complexity index is 649. The summed E-state index contributed by atoms with van der Waals surface area (Å²) in [6.07, 6.45) is 5.37. The number of ether oxygens (including phenoxy) is 1. The molecule has 2 aromatic rings. The second-order valence-electron chi connectivity index (χ2n) is 5.99. The predicted molar refractivity (Wildman–Crippen MR) is 86.3 cm³/mol. The number of piperidine rings is 1. The minimum atomic E-state index is -0.330. The molecule has 3 rings (SSSR count). The standard InChI is InChI=1S/C15H24N6O2/c1-2-12(9-22)23-15-19-13(16)14-18-8-11(21(14)20-15)7-10-3-5-17-6-4-10/h8,10,12,17,22H,2-7,9H2,1H3,(H2,16,19,20)/t12-/m1/s1. The minimum absolute atomic E-state index is 0.0797. The number of fused-ring (bicyclic) bond motifs is 1. The van der Waals surface area contributed by atoms with Crippen molar-refractivity contribution in [1.82, 2.24) is 24.9 Å². The lowest BCUT2D eigenvalue weighted by molar-refractivity contribution is 0.102. The van der Waals surface area contributed by atoms with E-state index in [1.54, 1.807) is 4.52 Å². The number of hydrogen-bond donors (Lipinski definition) is 3. The molecule has 0 radical (unpaired) electrons. The first-order valence-electron chi connectivity index (χ1n) is 8.19. The maximum atomic E-state index is 9.26. The minimum Gasteiger partial charge on any atom is -0.457 e. The zero-order valence-electron chi connectivity index (χ0n) is 13.4. The molecule has 126 valence electrons. The molecule has 0 aliphatic carbocycles. The number of nitrogens with zero attached hydrogens (tertiary/aromatic N) is 4. The molecular formula is C15H24N6O2. The summed E-state index contributed by atoms with van der Waals surface area (Å²) < 4.78 is 7.33. The van der Waals surface area contributed by atoms with Crippen molar-refractivity contribution < 1.29 is 9.84 Å². The highest BCUT2D eigenvalue weighted by atomic mass is 16.5. The van der Waals surface area contributed by atoms with Crippen LogP contribution in [0.15, 0.2) is 6.20 Å². The number of aliphatic hydroxyl groups excluding tert-OH is 1. The number of rotatable bonds is 6. The summed E-state index contributed by atoms with van der Waals surface area (Å²) in [7, 11) is 0. The smallest absolute Gasteiger partial charge is 0.336 e. The summed E-state index contributed by atoms with van der Waals surface area (Å²) in [6, 6.07) is 0.181. The molecule has 1 atom stereocenters. The topological polar surface area (TPSA) is 111 Å². The third-order valence-corrected chi connectivity index (χ3v) is 4.33. The molecule has 8 nitrogen and oxygen atoms in total. The van der Waals surface area contributed by atoms with Gasteiger partial charge in [0.05, 0.1) is 18.5 Å². The molecule has 1 aliphatic heterocycles. The van der Waals surface area contributed by atoms with Crippen LogP contribution in [0, 0.1) is 5.92 Å². The fourth-order valence-corrected chi connectivity index (χ4v) is 2.90. The molecule has 0 saturated carbocycles. The van der Waals surface area contributed by atoms with E-state index < -0.39 is 0 Å². The normalized spacial score (nSPS) is 17.5. The Labute approximate surface area is 135 Å². The zero-order chi connectivity index (χ0) is 16.2. The van der Waals surface area contributed by atoms with E-state index in [9.17, 15) is 5.11 Å². The highest BCUT2D eigenvalue weighted by Gasteiger charge is 2.19. The summed E-state index contributed by atoms with van der Waals surface area (Å²) in [5.41, 5.74) is 7.55. The van der Waals surface area contributed by atoms with E-state index in [1.165, 1.54) is 0 Å². The summed E-state index contributed by atoms with van der Waals surface area (Å²) in [5.74, 6) is 0.914. The highest BCUT2D eigenvalue weighted by Crippen LogP contribution is 2.21. The Morgan fingerprint density at radius 3 is 2.96 bits per heavy atom. The number of hydrogen-bond acceptors (Lipinski definition) is 7. The average molecular weight is 320 g/mol. The Kier molecular flexibility index (Phi) is 4.92. The van der Waals surface area contributed by atoms with Crippen molar-refractivity contribution in [3.8, 4) is 6.01 Å². The fraction of sp³-hybridized carbons (Fsp3) is 0.667. The Morgan fingerprint density at radius 2 is 2.26 bits per heavy atom. The predicted octanol–water partition coefficient (Wildman–Crippen LogP) is 0.398. The molecule has 0 bridgehead atoms. The number of aromatic nitrogens is 4. The first kappa shape index (κ1) is 15.9. The van der Waals surface area contributed by atoms with Crippen LogP contribution in [-0.2, 0) is 6.42 Å². The van der Waals surface area contributed by atoms with E-state index >= 15 is 0 Å². The van der Waals surface area contributed by atoms with Gasteiger partial charge in [0.25, 0.3) is 0 Å². The lowest BCUT2D eigenvalue weighted by Gasteiger charge is -2.22. The van der Waals surface area contributed by atoms with Gasteiger partial charge < -0.3 is 20.9 Å². The first-order chi connectivity index (χ1) is 11.2. The summed E-state index contributed by atoms with van der Waals surface area (Å²) in [6.45, 7) is 3.97. The van der Waals surface area contributed by atoms with Gasteiger partial charge in [-0.15, -0.1) is 5.10 Å². The number of anilines is 1. The Morgan fingerprint density at radius 1 is 1.48 bits per heavy atom. The molecule has 1 fully saturated rings. The number of nitrogen functional groups attached to an aromatic ring is 1. The van der Waals surface area contributed by atoms with Gasteiger partial charge in [-0.1, -0.05) is 6.92 Å². The third-order valence-electron chi connectivity index (χ3n) is 4.33. The van der Waals surface area contributed by atoms with Gasteiger partial charge in [0.2, 0.25) is 0 Å². The number of nitrogens with one attached hydrogen (secondary N) is 1. The van der Waals surface area contributed by atoms with Crippen LogP contribution in [0.5, 0.6) is 6.01 Å². The van der Waals surface area contributed by atoms with Crippen LogP contribution in [0.3, 0.4) is 0 Å². The largest absolute Gasteiger partial charge is 0.457 e. The Hall–Kier alpha value is -1.93. The van der Waals surface area contributed by atoms with Gasteiger partial charge in [0.15, 0.2) is 11.5 Å². The van der Waals surface area contributed by atoms with Crippen LogP contribution < -0.4 is 15.8 Å². The van der Waals surface area contributed by atoms with E-state index in [-0.39, 0.29) is 18.7 Å². The summed E-state index contributed by atoms with van der Waals surface area (Å²) >= 11 is 0. The second kappa shape index (κ2) is 7.10. The molecule has 23 heavy (non-hydrogen) atoms. The molecule has 1 saturated heterocycles. The molecule has 4 N–H and O–H groups in total. The molecule has 0 unspecified atom stereocenters. The number of aliphatic hydroxyl groups is 1. The van der Waals surface area contributed by atoms with Crippen molar-refractivity contribution in [2.75, 3.05) is 25.4 Å². The molecular weight excluding hydrogens is 296 g/mol. The van der Waals surface area contributed by atoms with Crippen LogP contribution in [0.4, 0.5) is 5.82 Å². The van der Waals surface area contributed by atoms with Gasteiger partial charge in [-0.2, -0.15) is 4.98 Å². The molecule has 3 heterocycles. The van der Waals surface area contributed by atoms with Gasteiger partial charge in [-0.25, -0.2) is 9.50 Å². The monoisotopic (exact) mass is 320 g/mol. The summed E-state index contributed by atoms with van der Waals surface area (Å²) in [4.78, 5) is 8.47. The SMILES string of the molecule is CC[C@H](CO)Oc1nc(N)c2ncc(CC3CCNCC3)n2n1. The van der Waals surface area contributed by atoms with Crippen molar-refractivity contribution in [1.29, 1.82) is 0 Å². The lowest BCUT2D eigenvalue weighted by Crippen LogP contribution is -2.29. The maximum Gasteiger partial charge on any atom is 0.336 e. The van der Waals surface area contributed by atoms with Crippen LogP contribution >= 0.6 is 0 Å². The lowest BCUT2D eigenvalue weighted by atomic mass is 9.93. The zero-order valence-corrected chi connectivity index (χ0v) is 13.4. The van der Waals surface area contributed by atoms with Crippen molar-refractivity contribution >= 4 is 11.5 Å². The quantitative estimate of drug-likeness (QED) is 0.706. The summed E-state index contributed by atoms with van der Waals surface area (Å²) in [5, 5.41) is 17.0. The Balaban J connectivity index is 1.85. The van der Waals surface area contributed by atoms with Crippen molar-refractivity contribution in [3.05, 3.63) is 11.9 Å². The molecule has 0 amide bonds. The van der Waals surface area contributed by atoms with E-state index in [0.717, 1.165) is 38.0 Å². The van der Waals surface area contributed by atoms with Gasteiger partial charge in [0, 0.05) is 0 Å². The van der Waals surface area contributed by atoms with E-state index in [0.29, 0.717) is 23.8 Å². The number of nitrogens with two attached hydrogens (primary N) is 1. The molecule has 1 aliphatic rings. The van der Waals surface area contributed by atoms with Gasteiger partial charge in [0.1, 0.15) is 6.10 Å². The van der Waals surface area contributed by atoms with E-state index in [2.05, 4.69) is 20.4 Å². The second-order valence-corrected chi connectivity index (χ2v) is 5.99. The van der Waals surface area contributed by atoms with Crippen LogP contribution in [-0.4, -0.2) is 50.5 Å². The first-order valence-corrected chi connectivity index (χ1v) is 8.19.